The molecule has 0 amide bonds. The molecule has 2 aromatic carbocycles. The van der Waals surface area contributed by atoms with Gasteiger partial charge in [0, 0.05) is 0 Å². The number of hydrogen-bond acceptors (Lipinski definition) is 0. The van der Waals surface area contributed by atoms with Gasteiger partial charge in [-0.25, -0.2) is 6.32 Å². The molecule has 76 valence electrons. The van der Waals surface area contributed by atoms with E-state index >= 15 is 0 Å². The Morgan fingerprint density at radius 2 is 1.80 bits per heavy atom. The van der Waals surface area contributed by atoms with Gasteiger partial charge in [-0.3, -0.25) is 12.7 Å². The third-order valence-corrected chi connectivity index (χ3v) is 2.75. The Kier molecular flexibility index (Phi) is 3.44. The van der Waals surface area contributed by atoms with Crippen molar-refractivity contribution in [2.75, 3.05) is 0 Å². The van der Waals surface area contributed by atoms with Crippen molar-refractivity contribution in [3.63, 3.8) is 0 Å². The van der Waals surface area contributed by atoms with Gasteiger partial charge in [-0.2, -0.15) is 0 Å². The highest BCUT2D eigenvalue weighted by atomic mass is 14.0. The Morgan fingerprint density at radius 1 is 1.00 bits per heavy atom. The highest BCUT2D eigenvalue weighted by Gasteiger charge is 1.90. The third-order valence-electron chi connectivity index (χ3n) is 2.75. The van der Waals surface area contributed by atoms with Crippen molar-refractivity contribution in [2.24, 2.45) is 0 Å². The van der Waals surface area contributed by atoms with Crippen molar-refractivity contribution < 1.29 is 0 Å². The van der Waals surface area contributed by atoms with Crippen LogP contribution in [0.25, 0.3) is 10.8 Å². The lowest BCUT2D eigenvalue weighted by molar-refractivity contribution is 0.881. The fourth-order valence-electron chi connectivity index (χ4n) is 1.89. The first-order chi connectivity index (χ1) is 7.42. The zero-order valence-corrected chi connectivity index (χ0v) is 9.24. The number of unbranched alkanes of at least 4 members (excludes halogenated alkanes) is 1. The molecule has 0 aliphatic carbocycles. The minimum absolute atomic E-state index is 1.19. The van der Waals surface area contributed by atoms with Gasteiger partial charge in [0.2, 0.25) is 0 Å². The van der Waals surface area contributed by atoms with Gasteiger partial charge in [-0.05, 0) is 5.39 Å². The molecule has 0 unspecified atom stereocenters. The van der Waals surface area contributed by atoms with Crippen LogP contribution in [0.2, 0.25) is 6.32 Å². The second kappa shape index (κ2) is 5.02. The molecule has 1 heteroatoms. The number of hydrogen-bond donors (Lipinski definition) is 0. The second-order valence-electron chi connectivity index (χ2n) is 3.91. The zero-order chi connectivity index (χ0) is 10.5. The van der Waals surface area contributed by atoms with E-state index in [0.717, 1.165) is 0 Å². The van der Waals surface area contributed by atoms with Crippen molar-refractivity contribution in [3.05, 3.63) is 42.5 Å². The lowest BCUT2D eigenvalue weighted by Crippen LogP contribution is -2.14. The highest BCUT2D eigenvalue weighted by molar-refractivity contribution is 6.57. The van der Waals surface area contributed by atoms with E-state index in [-0.39, 0.29) is 0 Å². The van der Waals surface area contributed by atoms with Gasteiger partial charge in [0.1, 0.15) is 0 Å². The molecule has 0 N–H and O–H groups in total. The fourth-order valence-corrected chi connectivity index (χ4v) is 1.89. The normalized spacial score (nSPS) is 10.7. The van der Waals surface area contributed by atoms with Gasteiger partial charge in [-0.1, -0.05) is 61.5 Å². The maximum atomic E-state index is 2.35. The predicted molar refractivity (Wildman–Crippen MR) is 69.1 cm³/mol. The average molecular weight is 195 g/mol. The van der Waals surface area contributed by atoms with Gasteiger partial charge < -0.3 is 0 Å². The topological polar surface area (TPSA) is 0 Å². The molecular formula is C14H16B-. The molecule has 2 rings (SSSR count). The molecule has 0 spiro atoms. The molecule has 0 aliphatic rings. The first-order valence-electron chi connectivity index (χ1n) is 5.73. The smallest absolute Gasteiger partial charge is 0.0218 e. The average Bonchev–Trinajstić information content (AvgIpc) is 2.30. The molecule has 0 aromatic heterocycles. The summed E-state index contributed by atoms with van der Waals surface area (Å²) in [5.41, 5.74) is 1.38. The van der Waals surface area contributed by atoms with E-state index in [1.165, 1.54) is 35.4 Å². The molecule has 0 heterocycles. The molecule has 0 fully saturated rings. The Morgan fingerprint density at radius 3 is 2.67 bits per heavy atom. The molecular weight excluding hydrogens is 179 g/mol. The van der Waals surface area contributed by atoms with Crippen molar-refractivity contribution in [1.29, 1.82) is 0 Å². The highest BCUT2D eigenvalue weighted by Crippen LogP contribution is 2.10. The van der Waals surface area contributed by atoms with Gasteiger partial charge in [0.15, 0.2) is 0 Å². The van der Waals surface area contributed by atoms with Crippen LogP contribution in [0.1, 0.15) is 19.8 Å². The van der Waals surface area contributed by atoms with Crippen molar-refractivity contribution in [3.8, 4) is 0 Å². The van der Waals surface area contributed by atoms with Crippen molar-refractivity contribution in [1.82, 2.24) is 0 Å². The standard InChI is InChI=1S/C14H16B/c1-2-3-11-15-14-10-6-8-12-7-4-5-9-13(12)14/h4-10H,2-3,11H2,1H3/q-1. The van der Waals surface area contributed by atoms with Crippen LogP contribution in [0.4, 0.5) is 0 Å². The molecule has 0 atom stereocenters. The number of benzene rings is 2. The van der Waals surface area contributed by atoms with Gasteiger partial charge >= 0.3 is 0 Å². The van der Waals surface area contributed by atoms with E-state index < -0.39 is 0 Å². The van der Waals surface area contributed by atoms with Crippen LogP contribution in [0, 0.1) is 0 Å². The Hall–Kier alpha value is -1.24. The van der Waals surface area contributed by atoms with E-state index in [9.17, 15) is 0 Å². The SMILES string of the molecule is CCCC[B-]c1cccc2ccccc12. The molecule has 0 saturated heterocycles. The van der Waals surface area contributed by atoms with E-state index in [2.05, 4.69) is 56.7 Å². The second-order valence-corrected chi connectivity index (χ2v) is 3.91. The molecule has 0 saturated carbocycles. The summed E-state index contributed by atoms with van der Waals surface area (Å²) in [5, 5.41) is 2.71. The Balaban J connectivity index is 2.26. The van der Waals surface area contributed by atoms with Crippen LogP contribution >= 0.6 is 0 Å². The van der Waals surface area contributed by atoms with Crippen LogP contribution in [0.3, 0.4) is 0 Å². The van der Waals surface area contributed by atoms with Crippen LogP contribution in [-0.2, 0) is 0 Å². The molecule has 0 nitrogen and oxygen atoms in total. The van der Waals surface area contributed by atoms with E-state index in [0.29, 0.717) is 0 Å². The summed E-state index contributed by atoms with van der Waals surface area (Å²) in [6.45, 7) is 2.23. The molecule has 2 radical (unpaired) electrons. The summed E-state index contributed by atoms with van der Waals surface area (Å²) in [4.78, 5) is 0. The minimum atomic E-state index is 1.19. The quantitative estimate of drug-likeness (QED) is 0.518. The largest absolute Gasteiger partial charge is 0.296 e. The van der Waals surface area contributed by atoms with Crippen LogP contribution in [0.15, 0.2) is 42.5 Å². The lowest BCUT2D eigenvalue weighted by atomic mass is 9.64. The summed E-state index contributed by atoms with van der Waals surface area (Å²) >= 11 is 0. The molecule has 15 heavy (non-hydrogen) atoms. The minimum Gasteiger partial charge on any atom is -0.296 e. The van der Waals surface area contributed by atoms with Crippen LogP contribution < -0.4 is 5.46 Å². The summed E-state index contributed by atoms with van der Waals surface area (Å²) in [6.07, 6.45) is 3.73. The van der Waals surface area contributed by atoms with Gasteiger partial charge in [0.25, 0.3) is 0 Å². The number of rotatable bonds is 4. The van der Waals surface area contributed by atoms with Gasteiger partial charge in [0.05, 0.1) is 0 Å². The van der Waals surface area contributed by atoms with E-state index in [4.69, 9.17) is 0 Å². The third kappa shape index (κ3) is 2.41. The lowest BCUT2D eigenvalue weighted by Gasteiger charge is -2.18. The Bertz CT molecular complexity index is 429. The van der Waals surface area contributed by atoms with Crippen LogP contribution in [-0.4, -0.2) is 7.28 Å². The fraction of sp³-hybridized carbons (Fsp3) is 0.286. The first kappa shape index (κ1) is 10.3. The van der Waals surface area contributed by atoms with Crippen LogP contribution in [0.5, 0.6) is 0 Å². The van der Waals surface area contributed by atoms with Crippen molar-refractivity contribution >= 4 is 23.5 Å². The predicted octanol–water partition coefficient (Wildman–Crippen LogP) is 3.39. The summed E-state index contributed by atoms with van der Waals surface area (Å²) in [6, 6.07) is 15.1. The Labute approximate surface area is 92.6 Å². The zero-order valence-electron chi connectivity index (χ0n) is 9.24. The molecule has 2 aromatic rings. The molecule has 0 aliphatic heterocycles. The maximum absolute atomic E-state index is 2.35. The molecule has 0 bridgehead atoms. The van der Waals surface area contributed by atoms with E-state index in [1.807, 2.05) is 0 Å². The van der Waals surface area contributed by atoms with Crippen molar-refractivity contribution in [2.45, 2.75) is 26.1 Å². The first-order valence-corrected chi connectivity index (χ1v) is 5.73. The monoisotopic (exact) mass is 195 g/mol. The summed E-state index contributed by atoms with van der Waals surface area (Å²) in [7, 11) is 2.35. The summed E-state index contributed by atoms with van der Waals surface area (Å²) in [5.74, 6) is 0. The van der Waals surface area contributed by atoms with Gasteiger partial charge in [-0.15, -0.1) is 6.07 Å². The number of fused-ring (bicyclic) bond motifs is 1. The maximum Gasteiger partial charge on any atom is -0.0218 e. The summed E-state index contributed by atoms with van der Waals surface area (Å²) < 4.78 is 0. The van der Waals surface area contributed by atoms with E-state index in [1.54, 1.807) is 0 Å².